The highest BCUT2D eigenvalue weighted by molar-refractivity contribution is 5.53. The fraction of sp³-hybridized carbons (Fsp3) is 0.357. The van der Waals surface area contributed by atoms with Gasteiger partial charge in [0.15, 0.2) is 0 Å². The van der Waals surface area contributed by atoms with Gasteiger partial charge in [-0.3, -0.25) is 0 Å². The molecule has 0 aromatic heterocycles. The van der Waals surface area contributed by atoms with Crippen LogP contribution in [-0.2, 0) is 0 Å². The Balaban J connectivity index is 2.43. The van der Waals surface area contributed by atoms with Gasteiger partial charge < -0.3 is 0 Å². The van der Waals surface area contributed by atoms with Crippen molar-refractivity contribution in [2.24, 2.45) is 11.8 Å². The number of benzene rings is 2. The van der Waals surface area contributed by atoms with Crippen molar-refractivity contribution in [1.29, 1.82) is 0 Å². The van der Waals surface area contributed by atoms with E-state index in [-0.39, 0.29) is 0 Å². The molecular weight excluding hydrogens is 336 g/mol. The number of rotatable bonds is 1. The molecule has 2 aromatic rings. The molecule has 0 aliphatic rings. The molecule has 0 fully saturated rings. The van der Waals surface area contributed by atoms with E-state index in [1.165, 1.54) is 11.1 Å². The van der Waals surface area contributed by atoms with Crippen LogP contribution in [0.15, 0.2) is 36.4 Å². The molecule has 0 N–H and O–H groups in total. The SMILES string of the molecule is Cc1cc(C#Cc2cc(C#CC(C)C)cc(C#CC(C)C)c2)ccc1C(C)C. The van der Waals surface area contributed by atoms with E-state index in [0.29, 0.717) is 17.8 Å². The molecule has 2 rings (SSSR count). The lowest BCUT2D eigenvalue weighted by Crippen LogP contribution is -1.92. The maximum absolute atomic E-state index is 3.31. The topological polar surface area (TPSA) is 0 Å². The second kappa shape index (κ2) is 9.88. The van der Waals surface area contributed by atoms with Crippen molar-refractivity contribution in [1.82, 2.24) is 0 Å². The smallest absolute Gasteiger partial charge is 0.0273 e. The summed E-state index contributed by atoms with van der Waals surface area (Å²) in [5.74, 6) is 20.8. The summed E-state index contributed by atoms with van der Waals surface area (Å²) in [4.78, 5) is 0. The number of hydrogen-bond acceptors (Lipinski definition) is 0. The maximum atomic E-state index is 3.31. The highest BCUT2D eigenvalue weighted by Gasteiger charge is 2.03. The van der Waals surface area contributed by atoms with Crippen LogP contribution in [-0.4, -0.2) is 0 Å². The Labute approximate surface area is 171 Å². The average molecular weight is 367 g/mol. The first-order valence-electron chi connectivity index (χ1n) is 10.1. The van der Waals surface area contributed by atoms with Gasteiger partial charge in [0.05, 0.1) is 0 Å². The molecule has 0 amide bonds. The summed E-state index contributed by atoms with van der Waals surface area (Å²) >= 11 is 0. The van der Waals surface area contributed by atoms with Crippen LogP contribution in [0.4, 0.5) is 0 Å². The predicted octanol–water partition coefficient (Wildman–Crippen LogP) is 6.53. The zero-order valence-corrected chi connectivity index (χ0v) is 18.2. The van der Waals surface area contributed by atoms with Crippen molar-refractivity contribution >= 4 is 0 Å². The van der Waals surface area contributed by atoms with Crippen LogP contribution < -0.4 is 0 Å². The second-order valence-corrected chi connectivity index (χ2v) is 8.12. The van der Waals surface area contributed by atoms with Gasteiger partial charge in [0.2, 0.25) is 0 Å². The summed E-state index contributed by atoms with van der Waals surface area (Å²) in [5.41, 5.74) is 6.61. The lowest BCUT2D eigenvalue weighted by atomic mass is 9.96. The van der Waals surface area contributed by atoms with E-state index in [9.17, 15) is 0 Å². The van der Waals surface area contributed by atoms with Gasteiger partial charge in [0.25, 0.3) is 0 Å². The van der Waals surface area contributed by atoms with E-state index in [1.54, 1.807) is 0 Å². The molecule has 2 aromatic carbocycles. The van der Waals surface area contributed by atoms with Gasteiger partial charge in [-0.05, 0) is 54.3 Å². The van der Waals surface area contributed by atoms with E-state index in [0.717, 1.165) is 22.3 Å². The molecule has 0 saturated carbocycles. The summed E-state index contributed by atoms with van der Waals surface area (Å²) in [6.07, 6.45) is 0. The highest BCUT2D eigenvalue weighted by Crippen LogP contribution is 2.19. The highest BCUT2D eigenvalue weighted by atomic mass is 14.1. The fourth-order valence-corrected chi connectivity index (χ4v) is 2.85. The molecule has 0 aliphatic carbocycles. The van der Waals surface area contributed by atoms with Crippen molar-refractivity contribution in [3.05, 3.63) is 69.8 Å². The minimum atomic E-state index is 0.336. The average Bonchev–Trinajstić information content (AvgIpc) is 2.62. The summed E-state index contributed by atoms with van der Waals surface area (Å²) in [5, 5.41) is 0. The normalized spacial score (nSPS) is 10.1. The Bertz CT molecular complexity index is 969. The van der Waals surface area contributed by atoms with Crippen molar-refractivity contribution in [2.45, 2.75) is 54.4 Å². The Morgan fingerprint density at radius 2 is 1.04 bits per heavy atom. The molecule has 0 spiro atoms. The second-order valence-electron chi connectivity index (χ2n) is 8.12. The standard InChI is InChI=1S/C28H30/c1-20(2)8-10-25-17-26(11-9-21(3)4)19-27(18-25)13-12-24-14-15-28(22(5)6)23(7)16-24/h14-22H,1-7H3. The van der Waals surface area contributed by atoms with Crippen LogP contribution in [0.5, 0.6) is 0 Å². The number of aryl methyl sites for hydroxylation is 1. The van der Waals surface area contributed by atoms with E-state index in [1.807, 2.05) is 0 Å². The van der Waals surface area contributed by atoms with Crippen LogP contribution in [0.25, 0.3) is 0 Å². The Kier molecular flexibility index (Phi) is 7.56. The van der Waals surface area contributed by atoms with Crippen LogP contribution in [0, 0.1) is 54.3 Å². The number of hydrogen-bond donors (Lipinski definition) is 0. The molecule has 142 valence electrons. The van der Waals surface area contributed by atoms with Crippen molar-refractivity contribution in [3.8, 4) is 35.5 Å². The van der Waals surface area contributed by atoms with Gasteiger partial charge in [0, 0.05) is 34.1 Å². The largest absolute Gasteiger partial charge is 0.0951 e. The minimum Gasteiger partial charge on any atom is -0.0951 e. The van der Waals surface area contributed by atoms with E-state index in [4.69, 9.17) is 0 Å². The third kappa shape index (κ3) is 6.69. The van der Waals surface area contributed by atoms with Gasteiger partial charge in [-0.2, -0.15) is 0 Å². The first-order valence-corrected chi connectivity index (χ1v) is 10.1. The summed E-state index contributed by atoms with van der Waals surface area (Å²) in [7, 11) is 0. The van der Waals surface area contributed by atoms with Crippen LogP contribution in [0.3, 0.4) is 0 Å². The molecule has 0 aliphatic heterocycles. The monoisotopic (exact) mass is 366 g/mol. The van der Waals surface area contributed by atoms with E-state index < -0.39 is 0 Å². The zero-order valence-electron chi connectivity index (χ0n) is 18.2. The summed E-state index contributed by atoms with van der Waals surface area (Å²) < 4.78 is 0. The lowest BCUT2D eigenvalue weighted by Gasteiger charge is -2.09. The Morgan fingerprint density at radius 3 is 1.46 bits per heavy atom. The van der Waals surface area contributed by atoms with E-state index >= 15 is 0 Å². The van der Waals surface area contributed by atoms with Crippen LogP contribution >= 0.6 is 0 Å². The van der Waals surface area contributed by atoms with Gasteiger partial charge in [0.1, 0.15) is 0 Å². The lowest BCUT2D eigenvalue weighted by molar-refractivity contribution is 0.856. The molecular formula is C28H30. The Morgan fingerprint density at radius 1 is 0.571 bits per heavy atom. The third-order valence-electron chi connectivity index (χ3n) is 4.19. The quantitative estimate of drug-likeness (QED) is 0.503. The first-order chi connectivity index (χ1) is 13.2. The molecule has 0 heterocycles. The van der Waals surface area contributed by atoms with Gasteiger partial charge >= 0.3 is 0 Å². The molecule has 0 unspecified atom stereocenters. The molecule has 0 heteroatoms. The maximum Gasteiger partial charge on any atom is 0.0273 e. The molecule has 0 bridgehead atoms. The third-order valence-corrected chi connectivity index (χ3v) is 4.19. The molecule has 0 radical (unpaired) electrons. The minimum absolute atomic E-state index is 0.336. The summed E-state index contributed by atoms with van der Waals surface area (Å²) in [6.45, 7) is 15.0. The van der Waals surface area contributed by atoms with Crippen LogP contribution in [0.2, 0.25) is 0 Å². The first kappa shape index (κ1) is 21.4. The van der Waals surface area contributed by atoms with Crippen molar-refractivity contribution in [2.75, 3.05) is 0 Å². The molecule has 0 nitrogen and oxygen atoms in total. The zero-order chi connectivity index (χ0) is 20.7. The molecule has 0 atom stereocenters. The van der Waals surface area contributed by atoms with Gasteiger partial charge in [-0.25, -0.2) is 0 Å². The summed E-state index contributed by atoms with van der Waals surface area (Å²) in [6, 6.07) is 12.6. The van der Waals surface area contributed by atoms with Gasteiger partial charge in [-0.1, -0.05) is 83.1 Å². The van der Waals surface area contributed by atoms with Crippen molar-refractivity contribution in [3.63, 3.8) is 0 Å². The van der Waals surface area contributed by atoms with Crippen molar-refractivity contribution < 1.29 is 0 Å². The molecule has 28 heavy (non-hydrogen) atoms. The van der Waals surface area contributed by atoms with Crippen LogP contribution in [0.1, 0.15) is 80.8 Å². The van der Waals surface area contributed by atoms with E-state index in [2.05, 4.69) is 120 Å². The molecule has 0 saturated heterocycles. The van der Waals surface area contributed by atoms with Gasteiger partial charge in [-0.15, -0.1) is 0 Å². The fourth-order valence-electron chi connectivity index (χ4n) is 2.85. The Hall–Kier alpha value is -2.88. The predicted molar refractivity (Wildman–Crippen MR) is 121 cm³/mol.